The molecule has 0 aromatic carbocycles. The molecular weight excluding hydrogens is 194 g/mol. The van der Waals surface area contributed by atoms with Gasteiger partial charge in [0.2, 0.25) is 0 Å². The summed E-state index contributed by atoms with van der Waals surface area (Å²) in [5, 5.41) is 2.72. The third kappa shape index (κ3) is 9.57. The second kappa shape index (κ2) is 6.87. The minimum atomic E-state index is -1.07. The van der Waals surface area contributed by atoms with Crippen LogP contribution in [0.4, 0.5) is 4.79 Å². The molecule has 0 saturated carbocycles. The first-order chi connectivity index (χ1) is 6.45. The average Bonchev–Trinajstić information content (AvgIpc) is 2.02. The maximum Gasteiger partial charge on any atom is 0.407 e. The van der Waals surface area contributed by atoms with E-state index >= 15 is 0 Å². The zero-order valence-corrected chi connectivity index (χ0v) is 10.9. The molecule has 84 valence electrons. The fourth-order valence-corrected chi connectivity index (χ4v) is 1.58. The molecule has 1 N–H and O–H groups in total. The summed E-state index contributed by atoms with van der Waals surface area (Å²) >= 11 is 0. The summed E-state index contributed by atoms with van der Waals surface area (Å²) in [6, 6.07) is 1.04. The van der Waals surface area contributed by atoms with Crippen molar-refractivity contribution < 1.29 is 9.53 Å². The third-order valence-electron chi connectivity index (χ3n) is 1.88. The summed E-state index contributed by atoms with van der Waals surface area (Å²) in [4.78, 5) is 11.1. The summed E-state index contributed by atoms with van der Waals surface area (Å²) in [5.41, 5.74) is 0. The predicted octanol–water partition coefficient (Wildman–Crippen LogP) is 2.85. The Morgan fingerprint density at radius 2 is 2.00 bits per heavy atom. The van der Waals surface area contributed by atoms with Gasteiger partial charge in [-0.1, -0.05) is 33.0 Å². The molecule has 0 rings (SSSR count). The maximum absolute atomic E-state index is 11.1. The minimum Gasteiger partial charge on any atom is -0.450 e. The number of ether oxygens (including phenoxy) is 1. The van der Waals surface area contributed by atoms with Crippen molar-refractivity contribution in [2.24, 2.45) is 0 Å². The number of unbranched alkanes of at least 4 members (excludes halogenated alkanes) is 1. The highest BCUT2D eigenvalue weighted by Gasteiger charge is 2.13. The van der Waals surface area contributed by atoms with Crippen molar-refractivity contribution in [3.05, 3.63) is 0 Å². The summed E-state index contributed by atoms with van der Waals surface area (Å²) in [6.07, 6.45) is 1.84. The van der Waals surface area contributed by atoms with Gasteiger partial charge in [0.05, 0.1) is 6.61 Å². The molecular formula is C10H23NO2Si. The molecule has 0 saturated heterocycles. The summed E-state index contributed by atoms with van der Waals surface area (Å²) < 4.78 is 5.05. The average molecular weight is 217 g/mol. The van der Waals surface area contributed by atoms with Crippen LogP contribution in [0.15, 0.2) is 0 Å². The smallest absolute Gasteiger partial charge is 0.407 e. The van der Waals surface area contributed by atoms with E-state index in [1.165, 1.54) is 0 Å². The van der Waals surface area contributed by atoms with Crippen molar-refractivity contribution in [2.45, 2.75) is 45.5 Å². The molecule has 0 aliphatic rings. The molecule has 0 atom stereocenters. The zero-order valence-electron chi connectivity index (χ0n) is 9.85. The SMILES string of the molecule is CCCCNC(=O)OCC[Si](C)(C)C. The summed E-state index contributed by atoms with van der Waals surface area (Å²) in [7, 11) is -1.07. The second-order valence-corrected chi connectivity index (χ2v) is 10.3. The van der Waals surface area contributed by atoms with E-state index < -0.39 is 8.07 Å². The zero-order chi connectivity index (χ0) is 11.0. The first kappa shape index (κ1) is 13.5. The van der Waals surface area contributed by atoms with Crippen LogP contribution in [-0.2, 0) is 4.74 Å². The van der Waals surface area contributed by atoms with Gasteiger partial charge >= 0.3 is 6.09 Å². The molecule has 0 heterocycles. The lowest BCUT2D eigenvalue weighted by molar-refractivity contribution is 0.151. The van der Waals surface area contributed by atoms with Gasteiger partial charge in [-0.25, -0.2) is 4.79 Å². The Morgan fingerprint density at radius 3 is 2.50 bits per heavy atom. The van der Waals surface area contributed by atoms with Crippen LogP contribution in [0.5, 0.6) is 0 Å². The van der Waals surface area contributed by atoms with Gasteiger partial charge < -0.3 is 10.1 Å². The molecule has 0 radical (unpaired) electrons. The van der Waals surface area contributed by atoms with Crippen molar-refractivity contribution in [1.29, 1.82) is 0 Å². The molecule has 0 fully saturated rings. The van der Waals surface area contributed by atoms with Gasteiger partial charge in [0, 0.05) is 14.6 Å². The highest BCUT2D eigenvalue weighted by molar-refractivity contribution is 6.76. The van der Waals surface area contributed by atoms with Crippen molar-refractivity contribution in [3.63, 3.8) is 0 Å². The monoisotopic (exact) mass is 217 g/mol. The standard InChI is InChI=1S/C10H23NO2Si/c1-5-6-7-11-10(12)13-8-9-14(2,3)4/h5-9H2,1-4H3,(H,11,12). The van der Waals surface area contributed by atoms with Crippen LogP contribution in [0.1, 0.15) is 19.8 Å². The van der Waals surface area contributed by atoms with E-state index in [-0.39, 0.29) is 6.09 Å². The summed E-state index contributed by atoms with van der Waals surface area (Å²) in [5.74, 6) is 0. The molecule has 0 aromatic heterocycles. The number of nitrogens with one attached hydrogen (secondary N) is 1. The van der Waals surface area contributed by atoms with E-state index in [2.05, 4.69) is 31.9 Å². The second-order valence-electron chi connectivity index (χ2n) is 4.73. The molecule has 0 aliphatic carbocycles. The van der Waals surface area contributed by atoms with Gasteiger partial charge in [-0.05, 0) is 12.5 Å². The number of carbonyl (C=O) groups excluding carboxylic acids is 1. The van der Waals surface area contributed by atoms with E-state index in [4.69, 9.17) is 4.74 Å². The number of carbonyl (C=O) groups is 1. The quantitative estimate of drug-likeness (QED) is 0.549. The van der Waals surface area contributed by atoms with Gasteiger partial charge in [0.15, 0.2) is 0 Å². The molecule has 4 heteroatoms. The first-order valence-corrected chi connectivity index (χ1v) is 9.07. The van der Waals surface area contributed by atoms with E-state index in [0.717, 1.165) is 25.4 Å². The van der Waals surface area contributed by atoms with Crippen LogP contribution in [0.2, 0.25) is 25.7 Å². The molecule has 0 bridgehead atoms. The minimum absolute atomic E-state index is 0.267. The third-order valence-corrected chi connectivity index (χ3v) is 3.59. The van der Waals surface area contributed by atoms with Crippen molar-refractivity contribution in [1.82, 2.24) is 5.32 Å². The number of hydrogen-bond donors (Lipinski definition) is 1. The number of alkyl carbamates (subject to hydrolysis) is 1. The molecule has 0 unspecified atom stereocenters. The molecule has 0 aromatic rings. The van der Waals surface area contributed by atoms with Crippen LogP contribution < -0.4 is 5.32 Å². The predicted molar refractivity (Wildman–Crippen MR) is 62.4 cm³/mol. The molecule has 1 amide bonds. The van der Waals surface area contributed by atoms with Crippen molar-refractivity contribution in [3.8, 4) is 0 Å². The van der Waals surface area contributed by atoms with Crippen LogP contribution in [-0.4, -0.2) is 27.3 Å². The van der Waals surface area contributed by atoms with E-state index in [1.54, 1.807) is 0 Å². The normalized spacial score (nSPS) is 11.1. The fourth-order valence-electron chi connectivity index (χ4n) is 0.868. The van der Waals surface area contributed by atoms with Crippen LogP contribution >= 0.6 is 0 Å². The Kier molecular flexibility index (Phi) is 6.62. The summed E-state index contributed by atoms with van der Waals surface area (Å²) in [6.45, 7) is 10.2. The van der Waals surface area contributed by atoms with Gasteiger partial charge in [-0.2, -0.15) is 0 Å². The highest BCUT2D eigenvalue weighted by atomic mass is 28.3. The van der Waals surface area contributed by atoms with Gasteiger partial charge in [0.25, 0.3) is 0 Å². The van der Waals surface area contributed by atoms with Gasteiger partial charge in [-0.15, -0.1) is 0 Å². The number of rotatable bonds is 6. The number of amides is 1. The highest BCUT2D eigenvalue weighted by Crippen LogP contribution is 2.07. The van der Waals surface area contributed by atoms with E-state index in [1.807, 2.05) is 0 Å². The fraction of sp³-hybridized carbons (Fsp3) is 0.900. The molecule has 0 aliphatic heterocycles. The Hall–Kier alpha value is -0.513. The van der Waals surface area contributed by atoms with Gasteiger partial charge in [-0.3, -0.25) is 0 Å². The lowest BCUT2D eigenvalue weighted by atomic mass is 10.3. The topological polar surface area (TPSA) is 38.3 Å². The van der Waals surface area contributed by atoms with E-state index in [9.17, 15) is 4.79 Å². The maximum atomic E-state index is 11.1. The lowest BCUT2D eigenvalue weighted by Crippen LogP contribution is -2.28. The van der Waals surface area contributed by atoms with Crippen LogP contribution in [0.25, 0.3) is 0 Å². The Balaban J connectivity index is 3.36. The lowest BCUT2D eigenvalue weighted by Gasteiger charge is -2.15. The van der Waals surface area contributed by atoms with E-state index in [0.29, 0.717) is 6.61 Å². The largest absolute Gasteiger partial charge is 0.450 e. The Labute approximate surface area is 88.2 Å². The van der Waals surface area contributed by atoms with Crippen molar-refractivity contribution >= 4 is 14.2 Å². The Bertz CT molecular complexity index is 166. The molecule has 0 spiro atoms. The first-order valence-electron chi connectivity index (χ1n) is 5.36. The molecule has 3 nitrogen and oxygen atoms in total. The number of hydrogen-bond acceptors (Lipinski definition) is 2. The van der Waals surface area contributed by atoms with Gasteiger partial charge in [0.1, 0.15) is 0 Å². The Morgan fingerprint density at radius 1 is 1.36 bits per heavy atom. The van der Waals surface area contributed by atoms with Crippen LogP contribution in [0.3, 0.4) is 0 Å². The molecule has 14 heavy (non-hydrogen) atoms. The van der Waals surface area contributed by atoms with Crippen molar-refractivity contribution in [2.75, 3.05) is 13.2 Å². The van der Waals surface area contributed by atoms with Crippen LogP contribution in [0, 0.1) is 0 Å².